The molecule has 1 aromatic heterocycles. The number of cyclic esters (lactones) is 1. The SMILES string of the molecule is C=C1CC(C)(CC(C)c2cnn(CCO)c2)OC1=O. The third kappa shape index (κ3) is 3.04. The molecular formula is C14H20N2O3. The second-order valence-corrected chi connectivity index (χ2v) is 5.49. The Morgan fingerprint density at radius 1 is 1.68 bits per heavy atom. The lowest BCUT2D eigenvalue weighted by atomic mass is 9.87. The van der Waals surface area contributed by atoms with E-state index in [2.05, 4.69) is 18.6 Å². The van der Waals surface area contributed by atoms with Crippen LogP contribution >= 0.6 is 0 Å². The lowest BCUT2D eigenvalue weighted by Gasteiger charge is -2.25. The molecule has 2 atom stereocenters. The average molecular weight is 264 g/mol. The van der Waals surface area contributed by atoms with Gasteiger partial charge in [0.1, 0.15) is 5.60 Å². The van der Waals surface area contributed by atoms with E-state index in [1.807, 2.05) is 13.1 Å². The minimum atomic E-state index is -0.466. The van der Waals surface area contributed by atoms with Crippen LogP contribution in [0, 0.1) is 0 Å². The predicted octanol–water partition coefficient (Wildman–Crippen LogP) is 1.63. The van der Waals surface area contributed by atoms with E-state index in [9.17, 15) is 4.79 Å². The smallest absolute Gasteiger partial charge is 0.334 e. The maximum atomic E-state index is 11.4. The Morgan fingerprint density at radius 2 is 2.42 bits per heavy atom. The topological polar surface area (TPSA) is 64.3 Å². The molecular weight excluding hydrogens is 244 g/mol. The number of esters is 1. The molecule has 2 heterocycles. The summed E-state index contributed by atoms with van der Waals surface area (Å²) in [5, 5.41) is 13.1. The van der Waals surface area contributed by atoms with Gasteiger partial charge in [-0.25, -0.2) is 4.79 Å². The summed E-state index contributed by atoms with van der Waals surface area (Å²) in [5.41, 5.74) is 1.17. The van der Waals surface area contributed by atoms with Gasteiger partial charge in [0.2, 0.25) is 0 Å². The molecule has 0 amide bonds. The molecule has 1 fully saturated rings. The van der Waals surface area contributed by atoms with Gasteiger partial charge in [0.05, 0.1) is 19.3 Å². The third-order valence-electron chi connectivity index (χ3n) is 3.50. The zero-order valence-corrected chi connectivity index (χ0v) is 11.4. The summed E-state index contributed by atoms with van der Waals surface area (Å²) in [6, 6.07) is 0. The van der Waals surface area contributed by atoms with Crippen molar-refractivity contribution in [1.29, 1.82) is 0 Å². The van der Waals surface area contributed by atoms with Crippen molar-refractivity contribution >= 4 is 5.97 Å². The molecule has 0 bridgehead atoms. The monoisotopic (exact) mass is 264 g/mol. The Bertz CT molecular complexity index is 477. The molecule has 2 rings (SSSR count). The maximum Gasteiger partial charge on any atom is 0.334 e. The average Bonchev–Trinajstić information content (AvgIpc) is 2.86. The van der Waals surface area contributed by atoms with E-state index in [-0.39, 0.29) is 18.5 Å². The second-order valence-electron chi connectivity index (χ2n) is 5.49. The zero-order valence-electron chi connectivity index (χ0n) is 11.4. The van der Waals surface area contributed by atoms with Gasteiger partial charge in [0, 0.05) is 18.2 Å². The summed E-state index contributed by atoms with van der Waals surface area (Å²) < 4.78 is 7.12. The number of nitrogens with zero attached hydrogens (tertiary/aromatic N) is 2. The van der Waals surface area contributed by atoms with Crippen molar-refractivity contribution in [3.05, 3.63) is 30.1 Å². The molecule has 1 aromatic rings. The molecule has 1 N–H and O–H groups in total. The Labute approximate surface area is 112 Å². The van der Waals surface area contributed by atoms with Gasteiger partial charge < -0.3 is 9.84 Å². The fraction of sp³-hybridized carbons (Fsp3) is 0.571. The van der Waals surface area contributed by atoms with Crippen molar-refractivity contribution < 1.29 is 14.6 Å². The van der Waals surface area contributed by atoms with Crippen LogP contribution in [0.3, 0.4) is 0 Å². The van der Waals surface area contributed by atoms with E-state index in [4.69, 9.17) is 9.84 Å². The predicted molar refractivity (Wildman–Crippen MR) is 70.6 cm³/mol. The summed E-state index contributed by atoms with van der Waals surface area (Å²) in [4.78, 5) is 11.4. The zero-order chi connectivity index (χ0) is 14.0. The highest BCUT2D eigenvalue weighted by molar-refractivity contribution is 5.90. The lowest BCUT2D eigenvalue weighted by molar-refractivity contribution is -0.145. The summed E-state index contributed by atoms with van der Waals surface area (Å²) in [6.45, 7) is 8.32. The van der Waals surface area contributed by atoms with E-state index in [0.717, 1.165) is 12.0 Å². The summed E-state index contributed by atoms with van der Waals surface area (Å²) in [5.74, 6) is -0.0539. The molecule has 0 aromatic carbocycles. The summed E-state index contributed by atoms with van der Waals surface area (Å²) in [7, 11) is 0. The van der Waals surface area contributed by atoms with Gasteiger partial charge in [-0.05, 0) is 24.8 Å². The van der Waals surface area contributed by atoms with Gasteiger partial charge in [-0.3, -0.25) is 4.68 Å². The van der Waals surface area contributed by atoms with Gasteiger partial charge in [0.15, 0.2) is 0 Å². The first-order valence-corrected chi connectivity index (χ1v) is 6.48. The minimum absolute atomic E-state index is 0.0741. The fourth-order valence-corrected chi connectivity index (χ4v) is 2.59. The molecule has 0 aliphatic carbocycles. The van der Waals surface area contributed by atoms with Crippen molar-refractivity contribution in [2.75, 3.05) is 6.61 Å². The van der Waals surface area contributed by atoms with Crippen LogP contribution in [0.5, 0.6) is 0 Å². The molecule has 5 heteroatoms. The number of ether oxygens (including phenoxy) is 1. The van der Waals surface area contributed by atoms with E-state index < -0.39 is 5.60 Å². The molecule has 0 radical (unpaired) electrons. The highest BCUT2D eigenvalue weighted by Crippen LogP contribution is 2.37. The molecule has 1 saturated heterocycles. The molecule has 0 spiro atoms. The quantitative estimate of drug-likeness (QED) is 0.648. The van der Waals surface area contributed by atoms with Crippen LogP contribution in [-0.4, -0.2) is 33.1 Å². The molecule has 1 aliphatic heterocycles. The Kier molecular flexibility index (Phi) is 3.75. The van der Waals surface area contributed by atoms with Crippen LogP contribution in [0.2, 0.25) is 0 Å². The van der Waals surface area contributed by atoms with Crippen molar-refractivity contribution in [2.24, 2.45) is 0 Å². The van der Waals surface area contributed by atoms with Crippen LogP contribution in [0.1, 0.15) is 38.2 Å². The van der Waals surface area contributed by atoms with E-state index in [1.54, 1.807) is 10.9 Å². The molecule has 2 unspecified atom stereocenters. The molecule has 104 valence electrons. The van der Waals surface area contributed by atoms with E-state index in [0.29, 0.717) is 18.5 Å². The summed E-state index contributed by atoms with van der Waals surface area (Å²) >= 11 is 0. The standard InChI is InChI=1S/C14H20N2O3/c1-10(12-8-15-16(9-12)4-5-17)6-14(3)7-11(2)13(18)19-14/h8-10,17H,2,4-7H2,1,3H3. The van der Waals surface area contributed by atoms with Crippen molar-refractivity contribution in [3.63, 3.8) is 0 Å². The van der Waals surface area contributed by atoms with E-state index in [1.165, 1.54) is 0 Å². The van der Waals surface area contributed by atoms with E-state index >= 15 is 0 Å². The number of rotatable bonds is 5. The van der Waals surface area contributed by atoms with Gasteiger partial charge in [-0.15, -0.1) is 0 Å². The Morgan fingerprint density at radius 3 is 3.00 bits per heavy atom. The third-order valence-corrected chi connectivity index (χ3v) is 3.50. The second kappa shape index (κ2) is 5.17. The fourth-order valence-electron chi connectivity index (χ4n) is 2.59. The first-order valence-electron chi connectivity index (χ1n) is 6.48. The lowest BCUT2D eigenvalue weighted by Crippen LogP contribution is -2.25. The van der Waals surface area contributed by atoms with Gasteiger partial charge in [-0.1, -0.05) is 13.5 Å². The number of hydrogen-bond acceptors (Lipinski definition) is 4. The van der Waals surface area contributed by atoms with Crippen LogP contribution in [0.25, 0.3) is 0 Å². The number of carbonyl (C=O) groups excluding carboxylic acids is 1. The number of aliphatic hydroxyl groups is 1. The Hall–Kier alpha value is -1.62. The van der Waals surface area contributed by atoms with Crippen LogP contribution in [-0.2, 0) is 16.1 Å². The molecule has 19 heavy (non-hydrogen) atoms. The minimum Gasteiger partial charge on any atom is -0.456 e. The van der Waals surface area contributed by atoms with Gasteiger partial charge in [-0.2, -0.15) is 5.10 Å². The number of carbonyl (C=O) groups is 1. The number of aromatic nitrogens is 2. The normalized spacial score (nSPS) is 24.6. The van der Waals surface area contributed by atoms with Crippen molar-refractivity contribution in [2.45, 2.75) is 44.8 Å². The highest BCUT2D eigenvalue weighted by Gasteiger charge is 2.39. The van der Waals surface area contributed by atoms with Crippen molar-refractivity contribution in [3.8, 4) is 0 Å². The van der Waals surface area contributed by atoms with Crippen LogP contribution < -0.4 is 0 Å². The van der Waals surface area contributed by atoms with Gasteiger partial charge in [0.25, 0.3) is 0 Å². The highest BCUT2D eigenvalue weighted by atomic mass is 16.6. The number of hydrogen-bond donors (Lipinski definition) is 1. The van der Waals surface area contributed by atoms with Gasteiger partial charge >= 0.3 is 5.97 Å². The van der Waals surface area contributed by atoms with Crippen LogP contribution in [0.15, 0.2) is 24.5 Å². The number of aliphatic hydroxyl groups excluding tert-OH is 1. The first kappa shape index (κ1) is 13.8. The molecule has 5 nitrogen and oxygen atoms in total. The van der Waals surface area contributed by atoms with Crippen molar-refractivity contribution in [1.82, 2.24) is 9.78 Å². The molecule has 1 aliphatic rings. The van der Waals surface area contributed by atoms with Crippen LogP contribution in [0.4, 0.5) is 0 Å². The first-order chi connectivity index (χ1) is 8.93. The Balaban J connectivity index is 2.02. The maximum absolute atomic E-state index is 11.4. The summed E-state index contributed by atoms with van der Waals surface area (Å²) in [6.07, 6.45) is 5.05. The largest absolute Gasteiger partial charge is 0.456 e. The molecule has 0 saturated carbocycles.